The van der Waals surface area contributed by atoms with Gasteiger partial charge in [-0.25, -0.2) is 4.39 Å². The van der Waals surface area contributed by atoms with Crippen molar-refractivity contribution in [3.8, 4) is 22.4 Å². The van der Waals surface area contributed by atoms with Gasteiger partial charge in [0.15, 0.2) is 17.3 Å². The van der Waals surface area contributed by atoms with Gasteiger partial charge in [0.2, 0.25) is 0 Å². The number of methoxy groups -OCH3 is 2. The lowest BCUT2D eigenvalue weighted by atomic mass is 10.1. The number of anilines is 1. The Labute approximate surface area is 224 Å². The highest BCUT2D eigenvalue weighted by Gasteiger charge is 2.24. The van der Waals surface area contributed by atoms with Crippen LogP contribution in [0.15, 0.2) is 66.7 Å². The minimum absolute atomic E-state index is 0.112. The van der Waals surface area contributed by atoms with Crippen LogP contribution >= 0.6 is 11.5 Å². The van der Waals surface area contributed by atoms with E-state index in [0.29, 0.717) is 66.4 Å². The van der Waals surface area contributed by atoms with Gasteiger partial charge in [0.25, 0.3) is 11.1 Å². The lowest BCUT2D eigenvalue weighted by Gasteiger charge is -2.36. The molecule has 1 amide bonds. The maximum atomic E-state index is 14.1. The van der Waals surface area contributed by atoms with E-state index in [1.54, 1.807) is 42.3 Å². The van der Waals surface area contributed by atoms with E-state index in [1.165, 1.54) is 13.2 Å². The Balaban J connectivity index is 1.22. The Morgan fingerprint density at radius 3 is 2.53 bits per heavy atom. The van der Waals surface area contributed by atoms with Crippen molar-refractivity contribution in [3.63, 3.8) is 0 Å². The number of aromatic nitrogens is 2. The molecule has 3 aromatic carbocycles. The van der Waals surface area contributed by atoms with E-state index < -0.39 is 0 Å². The fraction of sp³-hybridized carbons (Fsp3) is 0.250. The number of amides is 1. The van der Waals surface area contributed by atoms with Crippen molar-refractivity contribution < 1.29 is 23.4 Å². The molecule has 0 aliphatic carbocycles. The van der Waals surface area contributed by atoms with Crippen LogP contribution in [0.5, 0.6) is 22.4 Å². The number of carbonyl (C=O) groups excluding carboxylic acids is 1. The van der Waals surface area contributed by atoms with Crippen LogP contribution in [-0.2, 0) is 6.42 Å². The van der Waals surface area contributed by atoms with E-state index in [4.69, 9.17) is 14.2 Å². The van der Waals surface area contributed by atoms with Gasteiger partial charge in [-0.1, -0.05) is 24.3 Å². The molecule has 0 radical (unpaired) electrons. The SMILES string of the molecule is COc1cccc(Cc2nsc(Oc3ccc(C(=O)N4CCN(c5ccccc5F)CC4)cc3OC)n2)c1. The number of halogens is 1. The summed E-state index contributed by atoms with van der Waals surface area (Å²) in [5.74, 6) is 1.91. The first-order valence-corrected chi connectivity index (χ1v) is 12.9. The van der Waals surface area contributed by atoms with Gasteiger partial charge in [0, 0.05) is 49.7 Å². The summed E-state index contributed by atoms with van der Waals surface area (Å²) in [5, 5.41) is 0.379. The van der Waals surface area contributed by atoms with Crippen LogP contribution in [0.3, 0.4) is 0 Å². The second-order valence-corrected chi connectivity index (χ2v) is 9.42. The normalized spacial score (nSPS) is 13.3. The van der Waals surface area contributed by atoms with Crippen molar-refractivity contribution in [3.05, 3.63) is 89.5 Å². The minimum Gasteiger partial charge on any atom is -0.497 e. The van der Waals surface area contributed by atoms with Crippen molar-refractivity contribution in [1.82, 2.24) is 14.3 Å². The second kappa shape index (κ2) is 11.5. The Hall–Kier alpha value is -4.18. The molecule has 0 spiro atoms. The minimum atomic E-state index is -0.254. The van der Waals surface area contributed by atoms with Crippen LogP contribution in [0.25, 0.3) is 0 Å². The lowest BCUT2D eigenvalue weighted by Crippen LogP contribution is -2.49. The van der Waals surface area contributed by atoms with Gasteiger partial charge >= 0.3 is 0 Å². The highest BCUT2D eigenvalue weighted by atomic mass is 32.1. The smallest absolute Gasteiger partial charge is 0.298 e. The van der Waals surface area contributed by atoms with E-state index in [2.05, 4.69) is 9.36 Å². The number of rotatable bonds is 8. The van der Waals surface area contributed by atoms with E-state index in [1.807, 2.05) is 35.2 Å². The molecule has 0 bridgehead atoms. The molecule has 1 saturated heterocycles. The summed E-state index contributed by atoms with van der Waals surface area (Å²) in [6.07, 6.45) is 0.547. The van der Waals surface area contributed by atoms with Gasteiger partial charge in [-0.3, -0.25) is 4.79 Å². The maximum Gasteiger partial charge on any atom is 0.298 e. The average Bonchev–Trinajstić information content (AvgIpc) is 3.39. The monoisotopic (exact) mass is 534 g/mol. The number of piperazine rings is 1. The second-order valence-electron chi connectivity index (χ2n) is 8.70. The molecule has 196 valence electrons. The zero-order valence-electron chi connectivity index (χ0n) is 21.1. The fourth-order valence-electron chi connectivity index (χ4n) is 4.34. The molecular weight excluding hydrogens is 507 g/mol. The number of carbonyl (C=O) groups is 1. The van der Waals surface area contributed by atoms with Crippen LogP contribution < -0.4 is 19.1 Å². The summed E-state index contributed by atoms with van der Waals surface area (Å²) in [6.45, 7) is 2.10. The molecular formula is C28H27FN4O4S. The summed E-state index contributed by atoms with van der Waals surface area (Å²) in [4.78, 5) is 21.4. The van der Waals surface area contributed by atoms with Crippen LogP contribution in [-0.4, -0.2) is 60.6 Å². The predicted molar refractivity (Wildman–Crippen MR) is 143 cm³/mol. The van der Waals surface area contributed by atoms with Crippen LogP contribution in [0.4, 0.5) is 10.1 Å². The zero-order chi connectivity index (χ0) is 26.5. The van der Waals surface area contributed by atoms with E-state index in [-0.39, 0.29) is 11.7 Å². The average molecular weight is 535 g/mol. The summed E-state index contributed by atoms with van der Waals surface area (Å²) in [6, 6.07) is 19.5. The van der Waals surface area contributed by atoms with Gasteiger partial charge < -0.3 is 24.0 Å². The highest BCUT2D eigenvalue weighted by molar-refractivity contribution is 7.07. The first kappa shape index (κ1) is 25.5. The zero-order valence-corrected chi connectivity index (χ0v) is 21.9. The van der Waals surface area contributed by atoms with Gasteiger partial charge in [-0.05, 0) is 48.0 Å². The third-order valence-electron chi connectivity index (χ3n) is 6.31. The van der Waals surface area contributed by atoms with Crippen molar-refractivity contribution in [1.29, 1.82) is 0 Å². The molecule has 10 heteroatoms. The lowest BCUT2D eigenvalue weighted by molar-refractivity contribution is 0.0746. The molecule has 1 aliphatic heterocycles. The van der Waals surface area contributed by atoms with Crippen molar-refractivity contribution in [2.24, 2.45) is 0 Å². The van der Waals surface area contributed by atoms with Crippen LogP contribution in [0.2, 0.25) is 0 Å². The maximum absolute atomic E-state index is 14.1. The third-order valence-corrected chi connectivity index (χ3v) is 6.95. The molecule has 1 fully saturated rings. The van der Waals surface area contributed by atoms with Crippen molar-refractivity contribution >= 4 is 23.1 Å². The molecule has 0 saturated carbocycles. The summed E-state index contributed by atoms with van der Waals surface area (Å²) >= 11 is 1.15. The van der Waals surface area contributed by atoms with Crippen LogP contribution in [0, 0.1) is 5.82 Å². The number of benzene rings is 3. The summed E-state index contributed by atoms with van der Waals surface area (Å²) in [5.41, 5.74) is 2.08. The van der Waals surface area contributed by atoms with Gasteiger partial charge in [-0.15, -0.1) is 0 Å². The molecule has 1 aromatic heterocycles. The van der Waals surface area contributed by atoms with Crippen molar-refractivity contribution in [2.75, 3.05) is 45.3 Å². The number of ether oxygens (including phenoxy) is 3. The van der Waals surface area contributed by atoms with E-state index in [0.717, 1.165) is 22.8 Å². The van der Waals surface area contributed by atoms with E-state index >= 15 is 0 Å². The number of hydrogen-bond donors (Lipinski definition) is 0. The Morgan fingerprint density at radius 1 is 0.947 bits per heavy atom. The van der Waals surface area contributed by atoms with Crippen molar-refractivity contribution in [2.45, 2.75) is 6.42 Å². The van der Waals surface area contributed by atoms with Gasteiger partial charge in [-0.2, -0.15) is 9.36 Å². The fourth-order valence-corrected chi connectivity index (χ4v) is 4.90. The Kier molecular flexibility index (Phi) is 7.69. The molecule has 38 heavy (non-hydrogen) atoms. The molecule has 0 atom stereocenters. The molecule has 1 aliphatic rings. The molecule has 8 nitrogen and oxygen atoms in total. The summed E-state index contributed by atoms with van der Waals surface area (Å²) in [7, 11) is 3.16. The molecule has 0 N–H and O–H groups in total. The largest absolute Gasteiger partial charge is 0.497 e. The molecule has 4 aromatic rings. The van der Waals surface area contributed by atoms with E-state index in [9.17, 15) is 9.18 Å². The number of para-hydroxylation sites is 1. The first-order chi connectivity index (χ1) is 18.5. The van der Waals surface area contributed by atoms with Gasteiger partial charge in [0.1, 0.15) is 11.6 Å². The number of hydrogen-bond acceptors (Lipinski definition) is 8. The topological polar surface area (TPSA) is 77.0 Å². The molecule has 5 rings (SSSR count). The Morgan fingerprint density at radius 2 is 1.76 bits per heavy atom. The quantitative estimate of drug-likeness (QED) is 0.313. The number of nitrogens with zero attached hydrogens (tertiary/aromatic N) is 4. The highest BCUT2D eigenvalue weighted by Crippen LogP contribution is 2.34. The third kappa shape index (κ3) is 5.70. The standard InChI is InChI=1S/C28H27FN4O4S/c1-35-21-7-5-6-19(16-21)17-26-30-28(38-31-26)37-24-11-10-20(18-25(24)36-2)27(34)33-14-12-32(13-15-33)23-9-4-3-8-22(23)29/h3-11,16,18H,12-15,17H2,1-2H3. The Bertz CT molecular complexity index is 1420. The predicted octanol–water partition coefficient (Wildman–Crippen LogP) is 5.04. The summed E-state index contributed by atoms with van der Waals surface area (Å²) < 4.78 is 35.3. The first-order valence-electron chi connectivity index (χ1n) is 12.1. The van der Waals surface area contributed by atoms with Crippen LogP contribution in [0.1, 0.15) is 21.7 Å². The molecule has 2 heterocycles. The molecule has 0 unspecified atom stereocenters. The van der Waals surface area contributed by atoms with Gasteiger partial charge in [0.05, 0.1) is 19.9 Å².